The van der Waals surface area contributed by atoms with Crippen LogP contribution in [0.1, 0.15) is 38.2 Å². The molecule has 1 atom stereocenters. The third-order valence-electron chi connectivity index (χ3n) is 4.44. The highest BCUT2D eigenvalue weighted by atomic mass is 32.1. The van der Waals surface area contributed by atoms with Crippen molar-refractivity contribution in [1.82, 2.24) is 4.90 Å². The number of rotatable bonds is 4. The van der Waals surface area contributed by atoms with Crippen LogP contribution in [0.15, 0.2) is 30.3 Å². The maximum Gasteiger partial charge on any atom is 0.235 e. The van der Waals surface area contributed by atoms with Gasteiger partial charge in [-0.2, -0.15) is 12.6 Å². The van der Waals surface area contributed by atoms with Gasteiger partial charge in [-0.1, -0.05) is 37.3 Å². The molecule has 0 bridgehead atoms. The van der Waals surface area contributed by atoms with Gasteiger partial charge < -0.3 is 4.90 Å². The quantitative estimate of drug-likeness (QED) is 0.841. The Balaban J connectivity index is 1.89. The molecule has 1 saturated carbocycles. The van der Waals surface area contributed by atoms with Gasteiger partial charge in [0.15, 0.2) is 0 Å². The number of thiol groups is 1. The summed E-state index contributed by atoms with van der Waals surface area (Å²) in [7, 11) is 1.94. The molecular weight excluding hydrogens is 266 g/mol. The van der Waals surface area contributed by atoms with E-state index in [-0.39, 0.29) is 11.2 Å². The third-order valence-corrected chi connectivity index (χ3v) is 4.84. The molecule has 3 heteroatoms. The van der Waals surface area contributed by atoms with Gasteiger partial charge in [0.1, 0.15) is 0 Å². The van der Waals surface area contributed by atoms with E-state index in [4.69, 9.17) is 0 Å². The second kappa shape index (κ2) is 7.16. The van der Waals surface area contributed by atoms with Crippen molar-refractivity contribution in [3.63, 3.8) is 0 Å². The van der Waals surface area contributed by atoms with Crippen molar-refractivity contribution in [2.75, 3.05) is 7.05 Å². The van der Waals surface area contributed by atoms with E-state index in [9.17, 15) is 4.79 Å². The number of carbonyl (C=O) groups is 1. The van der Waals surface area contributed by atoms with Crippen LogP contribution in [0, 0.1) is 5.92 Å². The first-order chi connectivity index (χ1) is 9.58. The zero-order valence-corrected chi connectivity index (χ0v) is 13.4. The molecule has 1 amide bonds. The summed E-state index contributed by atoms with van der Waals surface area (Å²) >= 11 is 4.52. The van der Waals surface area contributed by atoms with E-state index in [1.165, 1.54) is 18.4 Å². The van der Waals surface area contributed by atoms with Gasteiger partial charge >= 0.3 is 0 Å². The minimum atomic E-state index is -0.234. The van der Waals surface area contributed by atoms with Crippen molar-refractivity contribution in [2.24, 2.45) is 5.92 Å². The Morgan fingerprint density at radius 3 is 2.45 bits per heavy atom. The van der Waals surface area contributed by atoms with Gasteiger partial charge in [0.25, 0.3) is 0 Å². The minimum absolute atomic E-state index is 0.164. The normalized spacial score (nSPS) is 24.1. The maximum atomic E-state index is 12.5. The molecule has 0 aliphatic heterocycles. The molecule has 110 valence electrons. The summed E-state index contributed by atoms with van der Waals surface area (Å²) in [6, 6.07) is 10.5. The van der Waals surface area contributed by atoms with Crippen molar-refractivity contribution < 1.29 is 4.79 Å². The van der Waals surface area contributed by atoms with E-state index in [0.717, 1.165) is 18.8 Å². The highest BCUT2D eigenvalue weighted by Gasteiger charge is 2.27. The fourth-order valence-corrected chi connectivity index (χ4v) is 3.36. The van der Waals surface area contributed by atoms with Crippen molar-refractivity contribution in [3.8, 4) is 0 Å². The Hall–Kier alpha value is -0.960. The fourth-order valence-electron chi connectivity index (χ4n) is 2.97. The van der Waals surface area contributed by atoms with Gasteiger partial charge in [0, 0.05) is 13.1 Å². The number of benzene rings is 1. The maximum absolute atomic E-state index is 12.5. The van der Waals surface area contributed by atoms with Gasteiger partial charge in [0.05, 0.1) is 5.25 Å². The molecule has 2 nitrogen and oxygen atoms in total. The first kappa shape index (κ1) is 15.4. The average molecular weight is 291 g/mol. The molecule has 2 rings (SSSR count). The Morgan fingerprint density at radius 1 is 1.25 bits per heavy atom. The molecule has 1 aliphatic rings. The monoisotopic (exact) mass is 291 g/mol. The first-order valence-corrected chi connectivity index (χ1v) is 8.08. The molecule has 0 saturated heterocycles. The summed E-state index contributed by atoms with van der Waals surface area (Å²) in [6.07, 6.45) is 5.44. The zero-order valence-electron chi connectivity index (χ0n) is 12.5. The van der Waals surface area contributed by atoms with Crippen LogP contribution in [0.4, 0.5) is 0 Å². The van der Waals surface area contributed by atoms with Crippen LogP contribution in [0.5, 0.6) is 0 Å². The second-order valence-electron chi connectivity index (χ2n) is 6.07. The van der Waals surface area contributed by atoms with E-state index in [1.807, 2.05) is 30.1 Å². The van der Waals surface area contributed by atoms with Crippen LogP contribution in [0.25, 0.3) is 0 Å². The number of amides is 1. The van der Waals surface area contributed by atoms with E-state index in [0.29, 0.717) is 12.5 Å². The lowest BCUT2D eigenvalue weighted by atomic mass is 9.86. The Labute approximate surface area is 128 Å². The molecule has 1 aliphatic carbocycles. The van der Waals surface area contributed by atoms with Gasteiger partial charge in [-0.15, -0.1) is 0 Å². The number of hydrogen-bond acceptors (Lipinski definition) is 2. The van der Waals surface area contributed by atoms with Crippen molar-refractivity contribution in [2.45, 2.75) is 50.3 Å². The largest absolute Gasteiger partial charge is 0.342 e. The predicted molar refractivity (Wildman–Crippen MR) is 87.1 cm³/mol. The summed E-state index contributed by atoms with van der Waals surface area (Å²) in [5.41, 5.74) is 1.17. The molecular formula is C17H25NOS. The van der Waals surface area contributed by atoms with Crippen LogP contribution in [0.2, 0.25) is 0 Å². The fraction of sp³-hybridized carbons (Fsp3) is 0.588. The van der Waals surface area contributed by atoms with Crippen molar-refractivity contribution >= 4 is 18.5 Å². The Bertz CT molecular complexity index is 426. The molecule has 0 radical (unpaired) electrons. The molecule has 20 heavy (non-hydrogen) atoms. The SMILES string of the molecule is CC1CCC(N(C)C(=O)C(S)Cc2ccccc2)CC1. The first-order valence-electron chi connectivity index (χ1n) is 7.56. The van der Waals surface area contributed by atoms with Gasteiger partial charge in [0.2, 0.25) is 5.91 Å². The predicted octanol–water partition coefficient (Wildman–Crippen LogP) is 3.56. The number of carbonyl (C=O) groups excluding carboxylic acids is 1. The van der Waals surface area contributed by atoms with Gasteiger partial charge in [-0.3, -0.25) is 4.79 Å². The van der Waals surface area contributed by atoms with E-state index in [2.05, 4.69) is 31.7 Å². The molecule has 0 aromatic heterocycles. The summed E-state index contributed by atoms with van der Waals surface area (Å²) in [6.45, 7) is 2.30. The van der Waals surface area contributed by atoms with E-state index < -0.39 is 0 Å². The minimum Gasteiger partial charge on any atom is -0.342 e. The summed E-state index contributed by atoms with van der Waals surface area (Å²) in [4.78, 5) is 14.4. The van der Waals surface area contributed by atoms with Gasteiger partial charge in [-0.05, 0) is 43.6 Å². The van der Waals surface area contributed by atoms with Crippen molar-refractivity contribution in [3.05, 3.63) is 35.9 Å². The highest BCUT2D eigenvalue weighted by Crippen LogP contribution is 2.27. The van der Waals surface area contributed by atoms with Gasteiger partial charge in [-0.25, -0.2) is 0 Å². The second-order valence-corrected chi connectivity index (χ2v) is 6.69. The lowest BCUT2D eigenvalue weighted by molar-refractivity contribution is -0.132. The molecule has 1 aromatic rings. The van der Waals surface area contributed by atoms with Crippen LogP contribution in [0.3, 0.4) is 0 Å². The Kier molecular flexibility index (Phi) is 5.53. The van der Waals surface area contributed by atoms with Crippen LogP contribution < -0.4 is 0 Å². The third kappa shape index (κ3) is 4.02. The van der Waals surface area contributed by atoms with E-state index >= 15 is 0 Å². The van der Waals surface area contributed by atoms with Crippen LogP contribution >= 0.6 is 12.6 Å². The molecule has 0 heterocycles. The lowest BCUT2D eigenvalue weighted by Crippen LogP contribution is -2.43. The lowest BCUT2D eigenvalue weighted by Gasteiger charge is -2.34. The standard InChI is InChI=1S/C17H25NOS/c1-13-8-10-15(11-9-13)18(2)17(19)16(20)12-14-6-4-3-5-7-14/h3-7,13,15-16,20H,8-12H2,1-2H3. The molecule has 1 aromatic carbocycles. The number of nitrogens with zero attached hydrogens (tertiary/aromatic N) is 1. The average Bonchev–Trinajstić information content (AvgIpc) is 2.47. The summed E-state index contributed by atoms with van der Waals surface area (Å²) in [5.74, 6) is 0.975. The van der Waals surface area contributed by atoms with Crippen molar-refractivity contribution in [1.29, 1.82) is 0 Å². The smallest absolute Gasteiger partial charge is 0.235 e. The summed E-state index contributed by atoms with van der Waals surface area (Å²) in [5, 5.41) is -0.234. The highest BCUT2D eigenvalue weighted by molar-refractivity contribution is 7.81. The molecule has 1 unspecified atom stereocenters. The summed E-state index contributed by atoms with van der Waals surface area (Å²) < 4.78 is 0. The zero-order chi connectivity index (χ0) is 14.5. The molecule has 0 spiro atoms. The van der Waals surface area contributed by atoms with E-state index in [1.54, 1.807) is 0 Å². The Morgan fingerprint density at radius 2 is 1.85 bits per heavy atom. The molecule has 0 N–H and O–H groups in total. The topological polar surface area (TPSA) is 20.3 Å². The number of hydrogen-bond donors (Lipinski definition) is 1. The van der Waals surface area contributed by atoms with Crippen LogP contribution in [-0.4, -0.2) is 29.1 Å². The molecule has 1 fully saturated rings. The van der Waals surface area contributed by atoms with Crippen LogP contribution in [-0.2, 0) is 11.2 Å².